The van der Waals surface area contributed by atoms with Crippen molar-refractivity contribution in [3.63, 3.8) is 0 Å². The molecule has 0 aromatic heterocycles. The molecule has 22 heavy (non-hydrogen) atoms. The summed E-state index contributed by atoms with van der Waals surface area (Å²) in [5, 5.41) is 0. The zero-order chi connectivity index (χ0) is 16.0. The van der Waals surface area contributed by atoms with Gasteiger partial charge in [0.2, 0.25) is 0 Å². The lowest BCUT2D eigenvalue weighted by Crippen LogP contribution is -2.05. The molecule has 0 atom stereocenters. The average Bonchev–Trinajstić information content (AvgIpc) is 2.51. The Morgan fingerprint density at radius 3 is 2.23 bits per heavy atom. The van der Waals surface area contributed by atoms with Crippen molar-refractivity contribution < 1.29 is 19.1 Å². The van der Waals surface area contributed by atoms with E-state index in [1.807, 2.05) is 36.4 Å². The first-order valence-electron chi connectivity index (χ1n) is 7.19. The Labute approximate surface area is 130 Å². The van der Waals surface area contributed by atoms with Gasteiger partial charge in [-0.2, -0.15) is 0 Å². The molecule has 0 saturated carbocycles. The Morgan fingerprint density at radius 2 is 1.55 bits per heavy atom. The van der Waals surface area contributed by atoms with E-state index in [-0.39, 0.29) is 11.9 Å². The number of unbranched alkanes of at least 4 members (excludes halogenated alkanes) is 1. The van der Waals surface area contributed by atoms with E-state index in [0.717, 1.165) is 5.56 Å². The van der Waals surface area contributed by atoms with E-state index in [2.05, 4.69) is 0 Å². The molecule has 116 valence electrons. The van der Waals surface area contributed by atoms with Crippen molar-refractivity contribution in [2.45, 2.75) is 19.3 Å². The Bertz CT molecular complexity index is 676. The number of hydrogen-bond donors (Lipinski definition) is 2. The van der Waals surface area contributed by atoms with Crippen LogP contribution >= 0.6 is 7.60 Å². The van der Waals surface area contributed by atoms with Crippen LogP contribution in [0.15, 0.2) is 54.6 Å². The maximum Gasteiger partial charge on any atom is 0.325 e. The normalized spacial score (nSPS) is 11.4. The highest BCUT2D eigenvalue weighted by Gasteiger charge is 2.14. The van der Waals surface area contributed by atoms with Crippen molar-refractivity contribution in [2.24, 2.45) is 0 Å². The first-order chi connectivity index (χ1) is 10.5. The lowest BCUT2D eigenvalue weighted by molar-refractivity contribution is 0.103. The molecule has 0 amide bonds. The molecule has 0 bridgehead atoms. The summed E-state index contributed by atoms with van der Waals surface area (Å²) >= 11 is 0. The lowest BCUT2D eigenvalue weighted by Gasteiger charge is -2.09. The number of aryl methyl sites for hydroxylation is 1. The Hall–Kier alpha value is -1.74. The van der Waals surface area contributed by atoms with Gasteiger partial charge in [-0.1, -0.05) is 54.6 Å². The molecule has 0 fully saturated rings. The van der Waals surface area contributed by atoms with Crippen LogP contribution < -0.4 is 0 Å². The molecule has 2 rings (SSSR count). The molecule has 0 saturated heterocycles. The van der Waals surface area contributed by atoms with E-state index in [4.69, 9.17) is 9.79 Å². The molecule has 0 aliphatic heterocycles. The van der Waals surface area contributed by atoms with Crippen molar-refractivity contribution >= 4 is 13.4 Å². The summed E-state index contributed by atoms with van der Waals surface area (Å²) in [6.07, 6.45) is 1.61. The number of carbonyl (C=O) groups is 1. The molecule has 0 radical (unpaired) electrons. The van der Waals surface area contributed by atoms with Crippen LogP contribution in [0, 0.1) is 0 Å². The number of rotatable bonds is 7. The standard InChI is InChI=1S/C17H19O4P/c18-17(15-10-2-1-3-11-15)16-12-5-4-8-14(16)9-6-7-13-22(19,20)21/h1-5,8,10-12H,6-7,9,13H2,(H2,19,20,21). The first kappa shape index (κ1) is 16.6. The van der Waals surface area contributed by atoms with Crippen molar-refractivity contribution in [2.75, 3.05) is 6.16 Å². The highest BCUT2D eigenvalue weighted by atomic mass is 31.2. The molecule has 5 heteroatoms. The second kappa shape index (κ2) is 7.50. The average molecular weight is 318 g/mol. The van der Waals surface area contributed by atoms with Gasteiger partial charge in [-0.05, 0) is 24.8 Å². The predicted molar refractivity (Wildman–Crippen MR) is 86.2 cm³/mol. The van der Waals surface area contributed by atoms with Gasteiger partial charge in [0.15, 0.2) is 5.78 Å². The number of hydrogen-bond acceptors (Lipinski definition) is 2. The van der Waals surface area contributed by atoms with Gasteiger partial charge in [-0.25, -0.2) is 0 Å². The van der Waals surface area contributed by atoms with Crippen LogP contribution in [0.1, 0.15) is 34.3 Å². The molecule has 2 aromatic rings. The Balaban J connectivity index is 2.07. The van der Waals surface area contributed by atoms with Crippen LogP contribution in [0.4, 0.5) is 0 Å². The minimum Gasteiger partial charge on any atom is -0.324 e. The van der Waals surface area contributed by atoms with Gasteiger partial charge >= 0.3 is 7.60 Å². The van der Waals surface area contributed by atoms with Gasteiger partial charge in [-0.3, -0.25) is 9.36 Å². The molecule has 4 nitrogen and oxygen atoms in total. The quantitative estimate of drug-likeness (QED) is 0.466. The molecule has 0 unspecified atom stereocenters. The monoisotopic (exact) mass is 318 g/mol. The summed E-state index contributed by atoms with van der Waals surface area (Å²) in [5.74, 6) is -0.0220. The summed E-state index contributed by atoms with van der Waals surface area (Å²) < 4.78 is 10.8. The molecule has 0 aliphatic rings. The third kappa shape index (κ3) is 4.92. The fraction of sp³-hybridized carbons (Fsp3) is 0.235. The summed E-state index contributed by atoms with van der Waals surface area (Å²) in [7, 11) is -3.93. The molecule has 0 spiro atoms. The van der Waals surface area contributed by atoms with Crippen LogP contribution in [0.5, 0.6) is 0 Å². The number of carbonyl (C=O) groups excluding carboxylic acids is 1. The van der Waals surface area contributed by atoms with Crippen molar-refractivity contribution in [3.05, 3.63) is 71.3 Å². The first-order valence-corrected chi connectivity index (χ1v) is 8.99. The van der Waals surface area contributed by atoms with Gasteiger partial charge in [0.05, 0.1) is 0 Å². The Kier molecular flexibility index (Phi) is 5.67. The SMILES string of the molecule is O=C(c1ccccc1)c1ccccc1CCCCP(=O)(O)O. The fourth-order valence-electron chi connectivity index (χ4n) is 2.34. The highest BCUT2D eigenvalue weighted by molar-refractivity contribution is 7.51. The second-order valence-electron chi connectivity index (χ2n) is 5.20. The molecular weight excluding hydrogens is 299 g/mol. The zero-order valence-corrected chi connectivity index (χ0v) is 13.1. The van der Waals surface area contributed by atoms with Crippen molar-refractivity contribution in [1.82, 2.24) is 0 Å². The van der Waals surface area contributed by atoms with Gasteiger partial charge in [0.1, 0.15) is 0 Å². The number of ketones is 1. The van der Waals surface area contributed by atoms with E-state index in [1.54, 1.807) is 18.2 Å². The Morgan fingerprint density at radius 1 is 0.909 bits per heavy atom. The summed E-state index contributed by atoms with van der Waals surface area (Å²) in [4.78, 5) is 30.3. The van der Waals surface area contributed by atoms with Crippen LogP contribution in [0.3, 0.4) is 0 Å². The minimum atomic E-state index is -3.93. The van der Waals surface area contributed by atoms with E-state index in [1.165, 1.54) is 0 Å². The van der Waals surface area contributed by atoms with E-state index in [0.29, 0.717) is 30.4 Å². The topological polar surface area (TPSA) is 74.6 Å². The van der Waals surface area contributed by atoms with Gasteiger partial charge in [0, 0.05) is 17.3 Å². The zero-order valence-electron chi connectivity index (χ0n) is 12.2. The lowest BCUT2D eigenvalue weighted by atomic mass is 9.95. The third-order valence-electron chi connectivity index (χ3n) is 3.44. The van der Waals surface area contributed by atoms with Crippen LogP contribution in [-0.2, 0) is 11.0 Å². The van der Waals surface area contributed by atoms with E-state index in [9.17, 15) is 9.36 Å². The van der Waals surface area contributed by atoms with Gasteiger partial charge in [0.25, 0.3) is 0 Å². The summed E-state index contributed by atoms with van der Waals surface area (Å²) in [6.45, 7) is 0. The molecule has 0 aliphatic carbocycles. The number of benzene rings is 2. The van der Waals surface area contributed by atoms with Crippen molar-refractivity contribution in [1.29, 1.82) is 0 Å². The summed E-state index contributed by atoms with van der Waals surface area (Å²) in [6, 6.07) is 16.5. The molecule has 2 N–H and O–H groups in total. The largest absolute Gasteiger partial charge is 0.325 e. The highest BCUT2D eigenvalue weighted by Crippen LogP contribution is 2.35. The summed E-state index contributed by atoms with van der Waals surface area (Å²) in [5.41, 5.74) is 2.22. The van der Waals surface area contributed by atoms with Crippen LogP contribution in [0.25, 0.3) is 0 Å². The maximum absolute atomic E-state index is 12.5. The molecule has 0 heterocycles. The third-order valence-corrected chi connectivity index (χ3v) is 4.34. The minimum absolute atomic E-state index is 0.0220. The van der Waals surface area contributed by atoms with Gasteiger partial charge < -0.3 is 9.79 Å². The van der Waals surface area contributed by atoms with Gasteiger partial charge in [-0.15, -0.1) is 0 Å². The second-order valence-corrected chi connectivity index (χ2v) is 6.97. The predicted octanol–water partition coefficient (Wildman–Crippen LogP) is 3.42. The molecule has 2 aromatic carbocycles. The van der Waals surface area contributed by atoms with Crippen molar-refractivity contribution in [3.8, 4) is 0 Å². The van der Waals surface area contributed by atoms with Crippen LogP contribution in [0.2, 0.25) is 0 Å². The van der Waals surface area contributed by atoms with E-state index >= 15 is 0 Å². The fourth-order valence-corrected chi connectivity index (χ4v) is 2.97. The van der Waals surface area contributed by atoms with E-state index < -0.39 is 7.60 Å². The van der Waals surface area contributed by atoms with Crippen LogP contribution in [-0.4, -0.2) is 21.7 Å². The smallest absolute Gasteiger partial charge is 0.324 e. The maximum atomic E-state index is 12.5. The molecular formula is C17H19O4P.